The van der Waals surface area contributed by atoms with Crippen molar-refractivity contribution >= 4 is 17.8 Å². The monoisotopic (exact) mass is 575 g/mol. The van der Waals surface area contributed by atoms with Gasteiger partial charge in [0.25, 0.3) is 0 Å². The van der Waals surface area contributed by atoms with Crippen LogP contribution in [0.4, 0.5) is 14.9 Å². The van der Waals surface area contributed by atoms with Gasteiger partial charge in [0.15, 0.2) is 0 Å². The maximum atomic E-state index is 13.6. The lowest BCUT2D eigenvalue weighted by atomic mass is 9.68. The minimum absolute atomic E-state index is 0.00270. The third-order valence-corrected chi connectivity index (χ3v) is 9.93. The Morgan fingerprint density at radius 2 is 1.65 bits per heavy atom. The van der Waals surface area contributed by atoms with Crippen molar-refractivity contribution < 1.29 is 9.18 Å². The van der Waals surface area contributed by atoms with Crippen LogP contribution in [0.2, 0.25) is 0 Å². The molecule has 2 amide bonds. The number of para-hydroxylation sites is 1. The third kappa shape index (κ3) is 5.33. The molecule has 2 fully saturated rings. The normalized spacial score (nSPS) is 22.0. The van der Waals surface area contributed by atoms with E-state index in [0.717, 1.165) is 55.7 Å². The number of amides is 2. The Bertz CT molecular complexity index is 1610. The number of carbonyl (C=O) groups excluding carboxylic acids is 1. The number of benzene rings is 3. The molecule has 2 aliphatic carbocycles. The molecule has 1 N–H and O–H groups in total. The summed E-state index contributed by atoms with van der Waals surface area (Å²) >= 11 is 0. The number of halogens is 1. The van der Waals surface area contributed by atoms with Crippen molar-refractivity contribution in [3.63, 3.8) is 0 Å². The lowest BCUT2D eigenvalue weighted by Crippen LogP contribution is -2.52. The SMILES string of the molecule is CC12Cc3cnn(-c4ccc(F)cc4)c3C=C1CCC2CC(NC(=O)N1CCN(c2ccccc2)CC1)c1ccccc1. The van der Waals surface area contributed by atoms with E-state index in [1.165, 1.54) is 29.0 Å². The van der Waals surface area contributed by atoms with E-state index in [1.807, 2.05) is 27.9 Å². The summed E-state index contributed by atoms with van der Waals surface area (Å²) in [5.74, 6) is 0.172. The molecule has 7 rings (SSSR count). The molecule has 1 aliphatic heterocycles. The van der Waals surface area contributed by atoms with E-state index in [1.54, 1.807) is 12.1 Å². The van der Waals surface area contributed by atoms with E-state index in [9.17, 15) is 9.18 Å². The van der Waals surface area contributed by atoms with Gasteiger partial charge in [-0.15, -0.1) is 0 Å². The van der Waals surface area contributed by atoms with Crippen LogP contribution in [0.15, 0.2) is 96.7 Å². The van der Waals surface area contributed by atoms with Gasteiger partial charge in [0.05, 0.1) is 23.6 Å². The van der Waals surface area contributed by atoms with Crippen LogP contribution in [-0.4, -0.2) is 46.9 Å². The molecule has 0 spiro atoms. The zero-order valence-corrected chi connectivity index (χ0v) is 24.6. The molecular weight excluding hydrogens is 537 g/mol. The molecule has 6 nitrogen and oxygen atoms in total. The van der Waals surface area contributed by atoms with Crippen LogP contribution in [0.3, 0.4) is 0 Å². The quantitative estimate of drug-likeness (QED) is 0.269. The van der Waals surface area contributed by atoms with Crippen LogP contribution < -0.4 is 10.2 Å². The Balaban J connectivity index is 1.07. The number of fused-ring (bicyclic) bond motifs is 2. The highest BCUT2D eigenvalue weighted by molar-refractivity contribution is 5.75. The van der Waals surface area contributed by atoms with E-state index < -0.39 is 0 Å². The number of allylic oxidation sites excluding steroid dienone is 1. The van der Waals surface area contributed by atoms with Gasteiger partial charge >= 0.3 is 6.03 Å². The summed E-state index contributed by atoms with van der Waals surface area (Å²) in [6.45, 7) is 5.46. The van der Waals surface area contributed by atoms with Crippen LogP contribution in [0.5, 0.6) is 0 Å². The largest absolute Gasteiger partial charge is 0.368 e. The topological polar surface area (TPSA) is 53.4 Å². The molecule has 1 aromatic heterocycles. The smallest absolute Gasteiger partial charge is 0.318 e. The van der Waals surface area contributed by atoms with Crippen LogP contribution in [-0.2, 0) is 6.42 Å². The number of anilines is 1. The lowest BCUT2D eigenvalue weighted by molar-refractivity contribution is 0.181. The number of urea groups is 1. The van der Waals surface area contributed by atoms with Gasteiger partial charge in [-0.2, -0.15) is 5.10 Å². The van der Waals surface area contributed by atoms with Crippen molar-refractivity contribution in [1.82, 2.24) is 20.0 Å². The van der Waals surface area contributed by atoms with Crippen molar-refractivity contribution in [2.75, 3.05) is 31.1 Å². The number of carbonyl (C=O) groups is 1. The fourth-order valence-electron chi connectivity index (χ4n) is 7.39. The Kier molecular flexibility index (Phi) is 7.25. The van der Waals surface area contributed by atoms with Crippen LogP contribution in [0.25, 0.3) is 11.8 Å². The molecule has 7 heteroatoms. The van der Waals surface area contributed by atoms with E-state index in [4.69, 9.17) is 0 Å². The maximum Gasteiger partial charge on any atom is 0.318 e. The molecule has 1 saturated carbocycles. The lowest BCUT2D eigenvalue weighted by Gasteiger charge is -2.39. The maximum absolute atomic E-state index is 13.6. The molecule has 2 heterocycles. The first kappa shape index (κ1) is 27.4. The number of aromatic nitrogens is 2. The fourth-order valence-corrected chi connectivity index (χ4v) is 7.39. The van der Waals surface area contributed by atoms with Gasteiger partial charge in [-0.1, -0.05) is 61.0 Å². The number of nitrogens with zero attached hydrogens (tertiary/aromatic N) is 4. The summed E-state index contributed by atoms with van der Waals surface area (Å²) in [6, 6.07) is 27.3. The van der Waals surface area contributed by atoms with Gasteiger partial charge in [-0.05, 0) is 90.6 Å². The fraction of sp³-hybridized carbons (Fsp3) is 0.333. The molecule has 3 atom stereocenters. The Hall–Kier alpha value is -4.39. The second-order valence-electron chi connectivity index (χ2n) is 12.4. The summed E-state index contributed by atoms with van der Waals surface area (Å²) in [4.78, 5) is 17.9. The minimum atomic E-state index is -0.246. The van der Waals surface area contributed by atoms with Crippen molar-refractivity contribution in [2.24, 2.45) is 11.3 Å². The Morgan fingerprint density at radius 3 is 2.37 bits per heavy atom. The molecule has 1 saturated heterocycles. The Labute approximate surface area is 252 Å². The first-order valence-electron chi connectivity index (χ1n) is 15.4. The second-order valence-corrected chi connectivity index (χ2v) is 12.4. The first-order valence-corrected chi connectivity index (χ1v) is 15.4. The molecule has 43 heavy (non-hydrogen) atoms. The number of nitrogens with one attached hydrogen (secondary N) is 1. The minimum Gasteiger partial charge on any atom is -0.368 e. The van der Waals surface area contributed by atoms with Crippen molar-refractivity contribution in [1.29, 1.82) is 0 Å². The van der Waals surface area contributed by atoms with E-state index in [2.05, 4.69) is 76.8 Å². The molecule has 0 bridgehead atoms. The summed E-state index contributed by atoms with van der Waals surface area (Å²) in [7, 11) is 0. The standard InChI is InChI=1S/C36H38FN5O/c1-36-24-27-25-38-42(32-16-14-30(37)15-17-32)34(27)23-29(36)13-12-28(36)22-33(26-8-4-2-5-9-26)39-35(43)41-20-18-40(19-21-41)31-10-6-3-7-11-31/h2-11,14-17,23,25,28,33H,12-13,18-22,24H2,1H3,(H,39,43). The first-order chi connectivity index (χ1) is 21.0. The van der Waals surface area contributed by atoms with Crippen molar-refractivity contribution in [3.05, 3.63) is 119 Å². The highest BCUT2D eigenvalue weighted by Crippen LogP contribution is 2.55. The average molecular weight is 576 g/mol. The summed E-state index contributed by atoms with van der Waals surface area (Å²) in [6.07, 6.45) is 8.21. The highest BCUT2D eigenvalue weighted by atomic mass is 19.1. The molecule has 3 aromatic carbocycles. The van der Waals surface area contributed by atoms with Crippen molar-refractivity contribution in [3.8, 4) is 5.69 Å². The predicted molar refractivity (Wildman–Crippen MR) is 169 cm³/mol. The zero-order chi connectivity index (χ0) is 29.4. The second kappa shape index (κ2) is 11.4. The summed E-state index contributed by atoms with van der Waals surface area (Å²) in [5, 5.41) is 8.14. The molecule has 0 radical (unpaired) electrons. The average Bonchev–Trinajstić information content (AvgIpc) is 3.59. The van der Waals surface area contributed by atoms with E-state index in [-0.39, 0.29) is 23.3 Å². The van der Waals surface area contributed by atoms with Crippen LogP contribution in [0.1, 0.15) is 49.0 Å². The number of rotatable bonds is 6. The number of piperazine rings is 1. The number of hydrogen-bond donors (Lipinski definition) is 1. The third-order valence-electron chi connectivity index (χ3n) is 9.93. The van der Waals surface area contributed by atoms with Gasteiger partial charge in [0, 0.05) is 31.9 Å². The summed E-state index contributed by atoms with van der Waals surface area (Å²) in [5.41, 5.74) is 7.00. The van der Waals surface area contributed by atoms with Gasteiger partial charge in [-0.25, -0.2) is 13.9 Å². The van der Waals surface area contributed by atoms with E-state index >= 15 is 0 Å². The highest BCUT2D eigenvalue weighted by Gasteiger charge is 2.46. The van der Waals surface area contributed by atoms with Gasteiger partial charge < -0.3 is 15.1 Å². The molecular formula is C36H38FN5O. The van der Waals surface area contributed by atoms with E-state index in [0.29, 0.717) is 19.0 Å². The Morgan fingerprint density at radius 1 is 0.953 bits per heavy atom. The molecule has 3 unspecified atom stereocenters. The number of hydrogen-bond acceptors (Lipinski definition) is 3. The van der Waals surface area contributed by atoms with Gasteiger partial charge in [-0.3, -0.25) is 0 Å². The predicted octanol–water partition coefficient (Wildman–Crippen LogP) is 7.03. The molecule has 220 valence electrons. The molecule has 3 aliphatic rings. The van der Waals surface area contributed by atoms with Crippen molar-refractivity contribution in [2.45, 2.75) is 38.6 Å². The van der Waals surface area contributed by atoms with Crippen LogP contribution >= 0.6 is 0 Å². The molecule has 4 aromatic rings. The zero-order valence-electron chi connectivity index (χ0n) is 24.6. The summed E-state index contributed by atoms with van der Waals surface area (Å²) < 4.78 is 15.5. The van der Waals surface area contributed by atoms with Crippen LogP contribution in [0, 0.1) is 17.2 Å². The van der Waals surface area contributed by atoms with Gasteiger partial charge in [0.2, 0.25) is 0 Å². The van der Waals surface area contributed by atoms with Gasteiger partial charge in [0.1, 0.15) is 5.82 Å².